The van der Waals surface area contributed by atoms with E-state index in [1.165, 1.54) is 12.1 Å². The minimum Gasteiger partial charge on any atom is -0.485 e. The van der Waals surface area contributed by atoms with Crippen LogP contribution in [0.2, 0.25) is 10.0 Å². The fourth-order valence-electron chi connectivity index (χ4n) is 2.25. The van der Waals surface area contributed by atoms with Crippen LogP contribution in [0.15, 0.2) is 35.1 Å². The number of halogens is 4. The SMILES string of the molecule is Cc1nc2c(OCc3c(Cl)ccc([N+](=O)[O-])c3Cl)cccn2c1Br.Cl. The van der Waals surface area contributed by atoms with Gasteiger partial charge in [0.2, 0.25) is 0 Å². The van der Waals surface area contributed by atoms with Crippen molar-refractivity contribution in [3.63, 3.8) is 0 Å². The molecule has 0 aliphatic heterocycles. The number of hydrogen-bond donors (Lipinski definition) is 0. The Morgan fingerprint density at radius 2 is 2.08 bits per heavy atom. The number of imidazole rings is 1. The van der Waals surface area contributed by atoms with Gasteiger partial charge in [0.05, 0.1) is 10.6 Å². The molecule has 0 fully saturated rings. The van der Waals surface area contributed by atoms with Crippen LogP contribution in [0.1, 0.15) is 11.3 Å². The first kappa shape index (κ1) is 19.8. The number of benzene rings is 1. The molecule has 132 valence electrons. The van der Waals surface area contributed by atoms with Crippen molar-refractivity contribution in [1.29, 1.82) is 0 Å². The molecule has 0 saturated heterocycles. The fourth-order valence-corrected chi connectivity index (χ4v) is 3.17. The zero-order valence-electron chi connectivity index (χ0n) is 12.7. The molecule has 25 heavy (non-hydrogen) atoms. The molecular weight excluding hydrogens is 456 g/mol. The molecule has 3 aromatic rings. The molecule has 0 aliphatic rings. The molecule has 10 heteroatoms. The summed E-state index contributed by atoms with van der Waals surface area (Å²) < 4.78 is 8.44. The van der Waals surface area contributed by atoms with E-state index in [1.54, 1.807) is 6.07 Å². The third-order valence-electron chi connectivity index (χ3n) is 3.45. The molecular formula is C15H11BrCl3N3O3. The molecule has 3 rings (SSSR count). The van der Waals surface area contributed by atoms with Gasteiger partial charge in [-0.2, -0.15) is 0 Å². The summed E-state index contributed by atoms with van der Waals surface area (Å²) in [4.78, 5) is 14.9. The second-order valence-corrected chi connectivity index (χ2v) is 6.50. The average molecular weight is 468 g/mol. The maximum Gasteiger partial charge on any atom is 0.288 e. The number of nitrogens with zero attached hydrogens (tertiary/aromatic N) is 3. The van der Waals surface area contributed by atoms with Crippen LogP contribution in [-0.2, 0) is 6.61 Å². The first-order chi connectivity index (χ1) is 11.4. The highest BCUT2D eigenvalue weighted by atomic mass is 79.9. The highest BCUT2D eigenvalue weighted by Gasteiger charge is 2.19. The summed E-state index contributed by atoms with van der Waals surface area (Å²) in [5.74, 6) is 0.518. The summed E-state index contributed by atoms with van der Waals surface area (Å²) >= 11 is 15.7. The Hall–Kier alpha value is -1.54. The Morgan fingerprint density at radius 1 is 1.36 bits per heavy atom. The number of fused-ring (bicyclic) bond motifs is 1. The Labute approximate surface area is 167 Å². The Bertz CT molecular complexity index is 962. The lowest BCUT2D eigenvalue weighted by Gasteiger charge is -2.10. The van der Waals surface area contributed by atoms with Gasteiger partial charge < -0.3 is 4.74 Å². The Morgan fingerprint density at radius 3 is 2.76 bits per heavy atom. The number of hydrogen-bond acceptors (Lipinski definition) is 4. The van der Waals surface area contributed by atoms with E-state index in [-0.39, 0.29) is 29.7 Å². The molecule has 0 unspecified atom stereocenters. The quantitative estimate of drug-likeness (QED) is 0.369. The largest absolute Gasteiger partial charge is 0.485 e. The van der Waals surface area contributed by atoms with E-state index in [0.29, 0.717) is 22.0 Å². The second kappa shape index (κ2) is 7.78. The van der Waals surface area contributed by atoms with Crippen LogP contribution < -0.4 is 4.74 Å². The summed E-state index contributed by atoms with van der Waals surface area (Å²) in [7, 11) is 0. The second-order valence-electron chi connectivity index (χ2n) is 4.96. The van der Waals surface area contributed by atoms with Gasteiger partial charge in [-0.15, -0.1) is 12.4 Å². The van der Waals surface area contributed by atoms with Crippen LogP contribution in [0.3, 0.4) is 0 Å². The molecule has 0 spiro atoms. The van der Waals surface area contributed by atoms with Crippen molar-refractivity contribution < 1.29 is 9.66 Å². The van der Waals surface area contributed by atoms with E-state index >= 15 is 0 Å². The third-order valence-corrected chi connectivity index (χ3v) is 5.18. The molecule has 6 nitrogen and oxygen atoms in total. The summed E-state index contributed by atoms with van der Waals surface area (Å²) in [5.41, 5.74) is 1.59. The van der Waals surface area contributed by atoms with Gasteiger partial charge in [-0.05, 0) is 41.1 Å². The first-order valence-corrected chi connectivity index (χ1v) is 8.32. The van der Waals surface area contributed by atoms with E-state index in [0.717, 1.165) is 10.3 Å². The van der Waals surface area contributed by atoms with E-state index in [9.17, 15) is 10.1 Å². The van der Waals surface area contributed by atoms with Crippen LogP contribution in [0.5, 0.6) is 5.75 Å². The Balaban J connectivity index is 0.00000225. The number of aryl methyl sites for hydroxylation is 1. The van der Waals surface area contributed by atoms with Gasteiger partial charge in [-0.3, -0.25) is 14.5 Å². The van der Waals surface area contributed by atoms with Gasteiger partial charge in [-0.1, -0.05) is 23.2 Å². The number of rotatable bonds is 4. The number of nitro benzene ring substituents is 1. The normalized spacial score (nSPS) is 10.6. The maximum atomic E-state index is 11.0. The van der Waals surface area contributed by atoms with Crippen LogP contribution in [0, 0.1) is 17.0 Å². The van der Waals surface area contributed by atoms with Gasteiger partial charge in [0.15, 0.2) is 11.4 Å². The standard InChI is InChI=1S/C15H10BrCl2N3O3.ClH/c1-8-14(16)20-6-2-3-12(15(20)19-8)24-7-9-10(17)4-5-11(13(9)18)21(22)23;/h2-6H,7H2,1H3;1H. The van der Waals surface area contributed by atoms with E-state index in [4.69, 9.17) is 27.9 Å². The minimum atomic E-state index is -0.558. The predicted molar refractivity (Wildman–Crippen MR) is 102 cm³/mol. The van der Waals surface area contributed by atoms with Gasteiger partial charge in [0, 0.05) is 22.8 Å². The Kier molecular flexibility index (Phi) is 6.16. The smallest absolute Gasteiger partial charge is 0.288 e. The predicted octanol–water partition coefficient (Wildman–Crippen LogP) is 5.62. The number of nitro groups is 1. The lowest BCUT2D eigenvalue weighted by atomic mass is 10.2. The summed E-state index contributed by atoms with van der Waals surface area (Å²) in [6, 6.07) is 6.27. The highest BCUT2D eigenvalue weighted by Crippen LogP contribution is 2.34. The van der Waals surface area contributed by atoms with Crippen LogP contribution >= 0.6 is 51.5 Å². The fraction of sp³-hybridized carbons (Fsp3) is 0.133. The van der Waals surface area contributed by atoms with Gasteiger partial charge in [0.1, 0.15) is 16.2 Å². The van der Waals surface area contributed by atoms with Crippen LogP contribution in [0.4, 0.5) is 5.69 Å². The molecule has 0 amide bonds. The average Bonchev–Trinajstić information content (AvgIpc) is 2.83. The molecule has 0 N–H and O–H groups in total. The summed E-state index contributed by atoms with van der Waals surface area (Å²) in [6.07, 6.45) is 1.85. The number of ether oxygens (including phenoxy) is 1. The molecule has 0 saturated carbocycles. The highest BCUT2D eigenvalue weighted by molar-refractivity contribution is 9.10. The lowest BCUT2D eigenvalue weighted by Crippen LogP contribution is -2.01. The molecule has 0 aliphatic carbocycles. The zero-order valence-corrected chi connectivity index (χ0v) is 16.6. The summed E-state index contributed by atoms with van der Waals surface area (Å²) in [5, 5.41) is 11.3. The van der Waals surface area contributed by atoms with E-state index in [2.05, 4.69) is 20.9 Å². The van der Waals surface area contributed by atoms with E-state index < -0.39 is 4.92 Å². The molecule has 2 aromatic heterocycles. The van der Waals surface area contributed by atoms with Crippen molar-refractivity contribution in [2.45, 2.75) is 13.5 Å². The topological polar surface area (TPSA) is 69.7 Å². The van der Waals surface area contributed by atoms with Crippen LogP contribution in [-0.4, -0.2) is 14.3 Å². The zero-order chi connectivity index (χ0) is 17.4. The van der Waals surface area contributed by atoms with Gasteiger partial charge >= 0.3 is 0 Å². The number of pyridine rings is 1. The minimum absolute atomic E-state index is 0. The van der Waals surface area contributed by atoms with Crippen molar-refractivity contribution >= 4 is 62.9 Å². The van der Waals surface area contributed by atoms with Gasteiger partial charge in [-0.25, -0.2) is 4.98 Å². The van der Waals surface area contributed by atoms with Crippen molar-refractivity contribution in [3.05, 3.63) is 66.5 Å². The van der Waals surface area contributed by atoms with Crippen molar-refractivity contribution in [3.8, 4) is 5.75 Å². The first-order valence-electron chi connectivity index (χ1n) is 6.77. The van der Waals surface area contributed by atoms with Crippen molar-refractivity contribution in [2.75, 3.05) is 0 Å². The molecule has 0 bridgehead atoms. The molecule has 1 aromatic carbocycles. The van der Waals surface area contributed by atoms with Gasteiger partial charge in [0.25, 0.3) is 5.69 Å². The molecule has 0 radical (unpaired) electrons. The van der Waals surface area contributed by atoms with Crippen molar-refractivity contribution in [2.24, 2.45) is 0 Å². The lowest BCUT2D eigenvalue weighted by molar-refractivity contribution is -0.384. The van der Waals surface area contributed by atoms with E-state index in [1.807, 2.05) is 23.6 Å². The molecule has 0 atom stereocenters. The van der Waals surface area contributed by atoms with Crippen LogP contribution in [0.25, 0.3) is 5.65 Å². The monoisotopic (exact) mass is 465 g/mol. The maximum absolute atomic E-state index is 11.0. The molecule has 2 heterocycles. The summed E-state index contributed by atoms with van der Waals surface area (Å²) in [6.45, 7) is 1.86. The number of aromatic nitrogens is 2. The third kappa shape index (κ3) is 3.69. The van der Waals surface area contributed by atoms with Crippen molar-refractivity contribution in [1.82, 2.24) is 9.38 Å².